The maximum atomic E-state index is 13.6. The Morgan fingerprint density at radius 1 is 0.972 bits per heavy atom. The summed E-state index contributed by atoms with van der Waals surface area (Å²) in [7, 11) is 0.919. The Labute approximate surface area is 206 Å². The van der Waals surface area contributed by atoms with Crippen LogP contribution in [-0.2, 0) is 22.0 Å². The fourth-order valence-corrected chi connectivity index (χ4v) is 4.11. The van der Waals surface area contributed by atoms with Crippen LogP contribution in [-0.4, -0.2) is 45.0 Å². The summed E-state index contributed by atoms with van der Waals surface area (Å²) in [6.45, 7) is 7.98. The number of nitrogens with zero attached hydrogens (tertiary/aromatic N) is 4. The molecule has 11 heteroatoms. The zero-order chi connectivity index (χ0) is 25.9. The zero-order valence-electron chi connectivity index (χ0n) is 20.6. The van der Waals surface area contributed by atoms with E-state index >= 15 is 0 Å². The molecule has 2 aromatic heterocycles. The van der Waals surface area contributed by atoms with Crippen molar-refractivity contribution in [2.45, 2.75) is 51.6 Å². The number of rotatable bonds is 5. The van der Waals surface area contributed by atoms with Crippen LogP contribution in [0, 0.1) is 0 Å². The van der Waals surface area contributed by atoms with E-state index in [2.05, 4.69) is 10.2 Å². The van der Waals surface area contributed by atoms with Gasteiger partial charge in [-0.1, -0.05) is 24.3 Å². The van der Waals surface area contributed by atoms with Gasteiger partial charge in [-0.15, -0.1) is 0 Å². The second-order valence-corrected chi connectivity index (χ2v) is 9.83. The van der Waals surface area contributed by atoms with Crippen molar-refractivity contribution in [2.75, 3.05) is 7.11 Å². The van der Waals surface area contributed by atoms with Crippen molar-refractivity contribution in [3.8, 4) is 11.6 Å². The lowest BCUT2D eigenvalue weighted by Crippen LogP contribution is -2.41. The molecule has 5 rings (SSSR count). The fourth-order valence-electron chi connectivity index (χ4n) is 4.11. The maximum absolute atomic E-state index is 13.6. The van der Waals surface area contributed by atoms with E-state index in [1.54, 1.807) is 43.6 Å². The molecule has 2 aromatic carbocycles. The number of halogens is 3. The first kappa shape index (κ1) is 24.4. The average molecular weight is 498 g/mol. The van der Waals surface area contributed by atoms with Crippen LogP contribution in [0.5, 0.6) is 5.75 Å². The summed E-state index contributed by atoms with van der Waals surface area (Å²) < 4.78 is 61.1. The molecule has 1 fully saturated rings. The Hall–Kier alpha value is -3.31. The van der Waals surface area contributed by atoms with E-state index in [9.17, 15) is 13.2 Å². The molecule has 0 aliphatic carbocycles. The van der Waals surface area contributed by atoms with Gasteiger partial charge in [0.1, 0.15) is 5.75 Å². The van der Waals surface area contributed by atoms with Crippen LogP contribution in [0.4, 0.5) is 13.2 Å². The second-order valence-electron chi connectivity index (χ2n) is 9.83. The van der Waals surface area contributed by atoms with Crippen molar-refractivity contribution in [2.24, 2.45) is 0 Å². The van der Waals surface area contributed by atoms with Gasteiger partial charge < -0.3 is 14.0 Å². The van der Waals surface area contributed by atoms with Crippen molar-refractivity contribution in [3.05, 3.63) is 66.0 Å². The van der Waals surface area contributed by atoms with Gasteiger partial charge in [-0.25, -0.2) is 9.36 Å². The van der Waals surface area contributed by atoms with Crippen LogP contribution >= 0.6 is 0 Å². The lowest BCUT2D eigenvalue weighted by molar-refractivity contribution is -0.141. The van der Waals surface area contributed by atoms with Gasteiger partial charge in [-0.2, -0.15) is 23.4 Å². The lowest BCUT2D eigenvalue weighted by atomic mass is 9.77. The molecule has 0 unspecified atom stereocenters. The van der Waals surface area contributed by atoms with E-state index in [-0.39, 0.29) is 12.4 Å². The molecule has 4 aromatic rings. The Bertz CT molecular complexity index is 1390. The van der Waals surface area contributed by atoms with Crippen LogP contribution in [0.25, 0.3) is 16.7 Å². The number of methoxy groups -OCH3 is 1. The zero-order valence-corrected chi connectivity index (χ0v) is 20.6. The summed E-state index contributed by atoms with van der Waals surface area (Å²) in [5.41, 5.74) is 0.0749. The first-order valence-corrected chi connectivity index (χ1v) is 11.5. The lowest BCUT2D eigenvalue weighted by Gasteiger charge is -2.32. The Morgan fingerprint density at radius 2 is 1.64 bits per heavy atom. The van der Waals surface area contributed by atoms with E-state index in [1.165, 1.54) is 9.36 Å². The van der Waals surface area contributed by atoms with E-state index in [0.717, 1.165) is 22.5 Å². The van der Waals surface area contributed by atoms with Gasteiger partial charge in [0.2, 0.25) is 0 Å². The predicted molar refractivity (Wildman–Crippen MR) is 130 cm³/mol. The van der Waals surface area contributed by atoms with Crippen LogP contribution in [0.2, 0.25) is 0 Å². The monoisotopic (exact) mass is 498 g/mol. The summed E-state index contributed by atoms with van der Waals surface area (Å²) in [4.78, 5) is 0. The normalized spacial score (nSPS) is 17.2. The highest BCUT2D eigenvalue weighted by atomic mass is 19.4. The Morgan fingerprint density at radius 3 is 2.25 bits per heavy atom. The fraction of sp³-hybridized carbons (Fsp3) is 0.360. The molecular weight excluding hydrogens is 472 g/mol. The number of fused-ring (bicyclic) bond motifs is 1. The van der Waals surface area contributed by atoms with Gasteiger partial charge in [0.15, 0.2) is 11.5 Å². The highest BCUT2D eigenvalue weighted by Crippen LogP contribution is 2.37. The topological polar surface area (TPSA) is 63.3 Å². The number of hydrogen-bond acceptors (Lipinski definition) is 5. The second kappa shape index (κ2) is 8.38. The third-order valence-electron chi connectivity index (χ3n) is 6.87. The number of alkyl halides is 3. The van der Waals surface area contributed by atoms with Gasteiger partial charge in [0.25, 0.3) is 0 Å². The van der Waals surface area contributed by atoms with E-state index in [0.29, 0.717) is 11.3 Å². The molecule has 7 nitrogen and oxygen atoms in total. The highest BCUT2D eigenvalue weighted by Gasteiger charge is 2.52. The first-order chi connectivity index (χ1) is 16.9. The van der Waals surface area contributed by atoms with Gasteiger partial charge in [0.05, 0.1) is 30.4 Å². The highest BCUT2D eigenvalue weighted by molar-refractivity contribution is 6.65. The molecule has 36 heavy (non-hydrogen) atoms. The molecule has 0 N–H and O–H groups in total. The molecule has 0 amide bonds. The van der Waals surface area contributed by atoms with E-state index < -0.39 is 30.2 Å². The number of hydrogen-bond donors (Lipinski definition) is 0. The van der Waals surface area contributed by atoms with Crippen LogP contribution in [0.1, 0.15) is 39.0 Å². The summed E-state index contributed by atoms with van der Waals surface area (Å²) in [6, 6.07) is 13.6. The van der Waals surface area contributed by atoms with Crippen molar-refractivity contribution in [3.63, 3.8) is 0 Å². The smallest absolute Gasteiger partial charge is 0.495 e. The van der Waals surface area contributed by atoms with Crippen LogP contribution in [0.3, 0.4) is 0 Å². The average Bonchev–Trinajstić information content (AvgIpc) is 3.47. The largest absolute Gasteiger partial charge is 0.497 e. The molecule has 1 saturated heterocycles. The number of aromatic nitrogens is 4. The van der Waals surface area contributed by atoms with Crippen LogP contribution < -0.4 is 10.2 Å². The standard InChI is InChI=1S/C25H26BF3N4O3/c1-23(2)24(3,4)36-26(35-23)19-7-6-8-20-18(19)15-33(30-20)22-13-21(25(27,28)29)31-32(22)14-16-9-11-17(34-5)12-10-16/h6-13,15H,14H2,1-5H3. The minimum absolute atomic E-state index is 0.121. The maximum Gasteiger partial charge on any atom is 0.495 e. The van der Waals surface area contributed by atoms with Crippen molar-refractivity contribution in [1.82, 2.24) is 19.6 Å². The molecule has 3 heterocycles. The van der Waals surface area contributed by atoms with Crippen molar-refractivity contribution >= 4 is 23.5 Å². The molecule has 1 aliphatic rings. The summed E-state index contributed by atoms with van der Waals surface area (Å²) >= 11 is 0. The molecule has 1 aliphatic heterocycles. The van der Waals surface area contributed by atoms with Crippen molar-refractivity contribution in [1.29, 1.82) is 0 Å². The SMILES string of the molecule is COc1ccc(Cn2nc(C(F)(F)F)cc2-n2cc3c(B4OC(C)(C)C(C)(C)O4)cccc3n2)cc1. The quantitative estimate of drug-likeness (QED) is 0.377. The predicted octanol–water partition coefficient (Wildman–Crippen LogP) is 4.60. The van der Waals surface area contributed by atoms with Gasteiger partial charge in [0, 0.05) is 17.6 Å². The molecular formula is C25H26BF3N4O3. The summed E-state index contributed by atoms with van der Waals surface area (Å²) in [6.07, 6.45) is -2.91. The third kappa shape index (κ3) is 4.26. The van der Waals surface area contributed by atoms with E-state index in [1.807, 2.05) is 39.8 Å². The summed E-state index contributed by atoms with van der Waals surface area (Å²) in [5, 5.41) is 9.15. The summed E-state index contributed by atoms with van der Waals surface area (Å²) in [5.74, 6) is 0.846. The third-order valence-corrected chi connectivity index (χ3v) is 6.87. The number of ether oxygens (including phenoxy) is 1. The first-order valence-electron chi connectivity index (χ1n) is 11.5. The molecule has 0 atom stereocenters. The van der Waals surface area contributed by atoms with E-state index in [4.69, 9.17) is 14.0 Å². The minimum atomic E-state index is -4.60. The van der Waals surface area contributed by atoms with Gasteiger partial charge >= 0.3 is 13.3 Å². The molecule has 0 spiro atoms. The molecule has 0 bridgehead atoms. The van der Waals surface area contributed by atoms with Gasteiger partial charge in [-0.3, -0.25) is 0 Å². The minimum Gasteiger partial charge on any atom is -0.497 e. The molecule has 0 saturated carbocycles. The Balaban J connectivity index is 1.57. The Kier molecular flexibility index (Phi) is 5.68. The molecule has 188 valence electrons. The van der Waals surface area contributed by atoms with Gasteiger partial charge in [-0.05, 0) is 56.9 Å². The number of benzene rings is 2. The molecule has 0 radical (unpaired) electrons. The van der Waals surface area contributed by atoms with Crippen molar-refractivity contribution < 1.29 is 27.2 Å². The van der Waals surface area contributed by atoms with Crippen LogP contribution in [0.15, 0.2) is 54.7 Å².